The van der Waals surface area contributed by atoms with Crippen molar-refractivity contribution in [3.63, 3.8) is 0 Å². The monoisotopic (exact) mass is 248 g/mol. The average Bonchev–Trinajstić information content (AvgIpc) is 2.69. The third kappa shape index (κ3) is 1.94. The van der Waals surface area contributed by atoms with Gasteiger partial charge in [0, 0.05) is 23.7 Å². The van der Waals surface area contributed by atoms with Gasteiger partial charge in [-0.25, -0.2) is 4.68 Å². The second-order valence-electron chi connectivity index (χ2n) is 4.36. The lowest BCUT2D eigenvalue weighted by molar-refractivity contribution is 0.313. The van der Waals surface area contributed by atoms with Gasteiger partial charge in [0.05, 0.1) is 12.2 Å². The molecule has 1 aromatic heterocycles. The Bertz CT molecular complexity index is 545. The Kier molecular flexibility index (Phi) is 2.61. The summed E-state index contributed by atoms with van der Waals surface area (Å²) in [5.41, 5.74) is 2.96. The predicted molar refractivity (Wildman–Crippen MR) is 67.1 cm³/mol. The number of aryl methyl sites for hydroxylation is 1. The van der Waals surface area contributed by atoms with Crippen molar-refractivity contribution in [2.45, 2.75) is 13.0 Å². The first-order valence-corrected chi connectivity index (χ1v) is 6.01. The molecule has 1 aliphatic rings. The van der Waals surface area contributed by atoms with E-state index in [4.69, 9.17) is 11.6 Å². The molecule has 88 valence electrons. The van der Waals surface area contributed by atoms with Gasteiger partial charge in [0.25, 0.3) is 0 Å². The van der Waals surface area contributed by atoms with Crippen LogP contribution >= 0.6 is 11.6 Å². The number of rotatable bonds is 2. The van der Waals surface area contributed by atoms with Gasteiger partial charge >= 0.3 is 0 Å². The molecule has 0 amide bonds. The number of benzene rings is 1. The first kappa shape index (κ1) is 10.7. The maximum atomic E-state index is 6.11. The van der Waals surface area contributed by atoms with Gasteiger partial charge in [-0.3, -0.25) is 0 Å². The maximum Gasteiger partial charge on any atom is 0.113 e. The lowest BCUT2D eigenvalue weighted by Crippen LogP contribution is -2.43. The van der Waals surface area contributed by atoms with Crippen LogP contribution in [-0.2, 0) is 0 Å². The topological polar surface area (TPSA) is 42.7 Å². The normalized spacial score (nSPS) is 15.9. The van der Waals surface area contributed by atoms with Crippen LogP contribution in [0.1, 0.15) is 11.6 Å². The highest BCUT2D eigenvalue weighted by Crippen LogP contribution is 2.24. The molecule has 1 aromatic carbocycles. The number of nitrogens with one attached hydrogen (secondary N) is 1. The van der Waals surface area contributed by atoms with Gasteiger partial charge in [0.2, 0.25) is 0 Å². The number of aromatic nitrogens is 3. The summed E-state index contributed by atoms with van der Waals surface area (Å²) in [4.78, 5) is 0. The molecular weight excluding hydrogens is 236 g/mol. The molecule has 1 aliphatic heterocycles. The number of halogens is 1. The van der Waals surface area contributed by atoms with Gasteiger partial charge in [-0.05, 0) is 18.6 Å². The second-order valence-corrected chi connectivity index (χ2v) is 4.77. The quantitative estimate of drug-likeness (QED) is 0.885. The molecule has 17 heavy (non-hydrogen) atoms. The highest BCUT2D eigenvalue weighted by molar-refractivity contribution is 6.31. The summed E-state index contributed by atoms with van der Waals surface area (Å²) in [6.07, 6.45) is 1.98. The number of hydrogen-bond donors (Lipinski definition) is 1. The molecule has 0 atom stereocenters. The molecule has 1 saturated heterocycles. The van der Waals surface area contributed by atoms with Gasteiger partial charge in [0.15, 0.2) is 0 Å². The molecule has 0 aliphatic carbocycles. The summed E-state index contributed by atoms with van der Waals surface area (Å²) < 4.78 is 1.92. The Labute approximate surface area is 105 Å². The average molecular weight is 249 g/mol. The van der Waals surface area contributed by atoms with Crippen LogP contribution in [0.2, 0.25) is 5.02 Å². The standard InChI is InChI=1S/C12H13ClN4/c1-8-2-3-9(4-11(8)13)12-7-17(16-15-12)10-5-14-6-10/h2-4,7,10,14H,5-6H2,1H3. The lowest BCUT2D eigenvalue weighted by atomic mass is 10.1. The Hall–Kier alpha value is -1.39. The van der Waals surface area contributed by atoms with Gasteiger partial charge in [0.1, 0.15) is 5.69 Å². The van der Waals surface area contributed by atoms with Crippen LogP contribution in [0.4, 0.5) is 0 Å². The molecule has 1 N–H and O–H groups in total. The lowest BCUT2D eigenvalue weighted by Gasteiger charge is -2.26. The van der Waals surface area contributed by atoms with Crippen LogP contribution < -0.4 is 5.32 Å². The number of hydrogen-bond acceptors (Lipinski definition) is 3. The van der Waals surface area contributed by atoms with Gasteiger partial charge in [-0.15, -0.1) is 5.10 Å². The summed E-state index contributed by atoms with van der Waals surface area (Å²) in [6, 6.07) is 6.40. The van der Waals surface area contributed by atoms with E-state index in [0.29, 0.717) is 6.04 Å². The summed E-state index contributed by atoms with van der Waals surface area (Å²) in [5.74, 6) is 0. The molecule has 3 rings (SSSR count). The summed E-state index contributed by atoms with van der Waals surface area (Å²) in [7, 11) is 0. The summed E-state index contributed by atoms with van der Waals surface area (Å²) in [6.45, 7) is 3.93. The van der Waals surface area contributed by atoms with Crippen molar-refractivity contribution in [2.75, 3.05) is 13.1 Å². The molecule has 0 radical (unpaired) electrons. The van der Waals surface area contributed by atoms with Crippen molar-refractivity contribution >= 4 is 11.6 Å². The minimum Gasteiger partial charge on any atom is -0.312 e. The molecule has 0 unspecified atom stereocenters. The molecule has 0 saturated carbocycles. The second kappa shape index (κ2) is 4.13. The van der Waals surface area contributed by atoms with E-state index in [1.54, 1.807) is 0 Å². The fourth-order valence-corrected chi connectivity index (χ4v) is 1.98. The zero-order chi connectivity index (χ0) is 11.8. The molecule has 2 heterocycles. The van der Waals surface area contributed by atoms with Crippen LogP contribution in [0.15, 0.2) is 24.4 Å². The highest BCUT2D eigenvalue weighted by atomic mass is 35.5. The smallest absolute Gasteiger partial charge is 0.113 e. The van der Waals surface area contributed by atoms with Gasteiger partial charge < -0.3 is 5.32 Å². The third-order valence-corrected chi connectivity index (χ3v) is 3.52. The van der Waals surface area contributed by atoms with Crippen LogP contribution in [0.25, 0.3) is 11.3 Å². The van der Waals surface area contributed by atoms with Crippen molar-refractivity contribution in [1.82, 2.24) is 20.3 Å². The third-order valence-electron chi connectivity index (χ3n) is 3.11. The summed E-state index contributed by atoms with van der Waals surface area (Å²) >= 11 is 6.11. The van der Waals surface area contributed by atoms with Crippen molar-refractivity contribution in [3.8, 4) is 11.3 Å². The van der Waals surface area contributed by atoms with E-state index in [9.17, 15) is 0 Å². The van der Waals surface area contributed by atoms with Crippen LogP contribution in [-0.4, -0.2) is 28.1 Å². The zero-order valence-electron chi connectivity index (χ0n) is 9.52. The maximum absolute atomic E-state index is 6.11. The SMILES string of the molecule is Cc1ccc(-c2cn(C3CNC3)nn2)cc1Cl. The molecule has 5 heteroatoms. The Balaban J connectivity index is 1.92. The van der Waals surface area contributed by atoms with Gasteiger partial charge in [-0.2, -0.15) is 0 Å². The minimum absolute atomic E-state index is 0.442. The minimum atomic E-state index is 0.442. The fourth-order valence-electron chi connectivity index (χ4n) is 1.80. The van der Waals surface area contributed by atoms with Crippen molar-refractivity contribution in [2.24, 2.45) is 0 Å². The Morgan fingerprint density at radius 2 is 2.24 bits per heavy atom. The highest BCUT2D eigenvalue weighted by Gasteiger charge is 2.20. The molecule has 2 aromatic rings. The Morgan fingerprint density at radius 3 is 2.88 bits per heavy atom. The van der Waals surface area contributed by atoms with E-state index in [1.165, 1.54) is 0 Å². The van der Waals surface area contributed by atoms with E-state index < -0.39 is 0 Å². The predicted octanol–water partition coefficient (Wildman–Crippen LogP) is 2.05. The van der Waals surface area contributed by atoms with Crippen LogP contribution in [0, 0.1) is 6.92 Å². The zero-order valence-corrected chi connectivity index (χ0v) is 10.3. The first-order valence-electron chi connectivity index (χ1n) is 5.63. The van der Waals surface area contributed by atoms with E-state index >= 15 is 0 Å². The van der Waals surface area contributed by atoms with Gasteiger partial charge in [-0.1, -0.05) is 28.9 Å². The van der Waals surface area contributed by atoms with E-state index in [1.807, 2.05) is 36.0 Å². The number of nitrogens with zero attached hydrogens (tertiary/aromatic N) is 3. The van der Waals surface area contributed by atoms with Crippen molar-refractivity contribution < 1.29 is 0 Å². The largest absolute Gasteiger partial charge is 0.312 e. The Morgan fingerprint density at radius 1 is 1.41 bits per heavy atom. The van der Waals surface area contributed by atoms with Crippen LogP contribution in [0.5, 0.6) is 0 Å². The molecular formula is C12H13ClN4. The van der Waals surface area contributed by atoms with Crippen molar-refractivity contribution in [3.05, 3.63) is 35.0 Å². The summed E-state index contributed by atoms with van der Waals surface area (Å²) in [5, 5.41) is 12.3. The van der Waals surface area contributed by atoms with E-state index in [2.05, 4.69) is 15.6 Å². The molecule has 0 spiro atoms. The fraction of sp³-hybridized carbons (Fsp3) is 0.333. The van der Waals surface area contributed by atoms with E-state index in [0.717, 1.165) is 34.9 Å². The van der Waals surface area contributed by atoms with Crippen molar-refractivity contribution in [1.29, 1.82) is 0 Å². The molecule has 4 nitrogen and oxygen atoms in total. The first-order chi connectivity index (χ1) is 8.24. The van der Waals surface area contributed by atoms with Crippen LogP contribution in [0.3, 0.4) is 0 Å². The molecule has 0 bridgehead atoms. The molecule has 1 fully saturated rings. The van der Waals surface area contributed by atoms with E-state index in [-0.39, 0.29) is 0 Å².